The molecule has 0 unspecified atom stereocenters. The molecular weight excluding hydrogens is 442 g/mol. The van der Waals surface area contributed by atoms with Crippen molar-refractivity contribution in [1.82, 2.24) is 4.90 Å². The molecule has 0 atom stereocenters. The SMILES string of the molecule is COc1ccc(NC(=O)c2ccc(-c3ccccc3)cc2)cc1NC(=O)C1(N2CCOCC2)CC1. The topological polar surface area (TPSA) is 79.9 Å². The fraction of sp³-hybridized carbons (Fsp3) is 0.286. The molecule has 7 heteroatoms. The Labute approximate surface area is 205 Å². The number of methoxy groups -OCH3 is 1. The quantitative estimate of drug-likeness (QED) is 0.533. The molecule has 2 aliphatic rings. The zero-order chi connectivity index (χ0) is 24.3. The van der Waals surface area contributed by atoms with Crippen LogP contribution in [0.5, 0.6) is 5.75 Å². The first kappa shape index (κ1) is 23.1. The lowest BCUT2D eigenvalue weighted by Gasteiger charge is -2.33. The third kappa shape index (κ3) is 4.92. The van der Waals surface area contributed by atoms with Gasteiger partial charge in [-0.2, -0.15) is 0 Å². The van der Waals surface area contributed by atoms with E-state index in [1.165, 1.54) is 0 Å². The summed E-state index contributed by atoms with van der Waals surface area (Å²) in [7, 11) is 1.56. The fourth-order valence-corrected chi connectivity index (χ4v) is 4.57. The summed E-state index contributed by atoms with van der Waals surface area (Å²) < 4.78 is 10.9. The molecule has 1 aliphatic heterocycles. The van der Waals surface area contributed by atoms with Gasteiger partial charge in [-0.1, -0.05) is 42.5 Å². The van der Waals surface area contributed by atoms with Crippen molar-refractivity contribution in [2.75, 3.05) is 44.0 Å². The van der Waals surface area contributed by atoms with E-state index >= 15 is 0 Å². The molecule has 0 radical (unpaired) electrons. The third-order valence-electron chi connectivity index (χ3n) is 6.72. The predicted molar refractivity (Wildman–Crippen MR) is 136 cm³/mol. The van der Waals surface area contributed by atoms with Crippen molar-refractivity contribution in [3.8, 4) is 16.9 Å². The predicted octanol–water partition coefficient (Wildman–Crippen LogP) is 4.42. The lowest BCUT2D eigenvalue weighted by molar-refractivity contribution is -0.124. The molecule has 1 saturated carbocycles. The molecule has 2 N–H and O–H groups in total. The van der Waals surface area contributed by atoms with E-state index in [1.54, 1.807) is 25.3 Å². The van der Waals surface area contributed by atoms with Crippen molar-refractivity contribution in [2.45, 2.75) is 18.4 Å². The van der Waals surface area contributed by atoms with Gasteiger partial charge in [0.1, 0.15) is 11.3 Å². The van der Waals surface area contributed by atoms with Gasteiger partial charge in [0, 0.05) is 24.3 Å². The van der Waals surface area contributed by atoms with Crippen molar-refractivity contribution in [2.24, 2.45) is 0 Å². The lowest BCUT2D eigenvalue weighted by atomic mass is 10.0. The van der Waals surface area contributed by atoms with Gasteiger partial charge in [-0.15, -0.1) is 0 Å². The molecule has 0 aromatic heterocycles. The Morgan fingerprint density at radius 3 is 2.23 bits per heavy atom. The van der Waals surface area contributed by atoms with Crippen LogP contribution >= 0.6 is 0 Å². The summed E-state index contributed by atoms with van der Waals surface area (Å²) in [6, 6.07) is 22.8. The minimum absolute atomic E-state index is 0.0438. The van der Waals surface area contributed by atoms with E-state index in [-0.39, 0.29) is 11.8 Å². The molecule has 0 bridgehead atoms. The number of nitrogens with one attached hydrogen (secondary N) is 2. The van der Waals surface area contributed by atoms with Crippen molar-refractivity contribution in [1.29, 1.82) is 0 Å². The van der Waals surface area contributed by atoms with Crippen LogP contribution in [0.4, 0.5) is 11.4 Å². The highest BCUT2D eigenvalue weighted by atomic mass is 16.5. The number of benzene rings is 3. The van der Waals surface area contributed by atoms with E-state index in [0.29, 0.717) is 35.9 Å². The van der Waals surface area contributed by atoms with Crippen molar-refractivity contribution < 1.29 is 19.1 Å². The lowest BCUT2D eigenvalue weighted by Crippen LogP contribution is -2.51. The maximum Gasteiger partial charge on any atom is 0.255 e. The van der Waals surface area contributed by atoms with Gasteiger partial charge in [-0.25, -0.2) is 0 Å². The largest absolute Gasteiger partial charge is 0.495 e. The van der Waals surface area contributed by atoms with Gasteiger partial charge in [-0.3, -0.25) is 14.5 Å². The summed E-state index contributed by atoms with van der Waals surface area (Å²) in [5.41, 5.74) is 3.33. The van der Waals surface area contributed by atoms with Crippen LogP contribution in [0.25, 0.3) is 11.1 Å². The van der Waals surface area contributed by atoms with Crippen LogP contribution in [-0.2, 0) is 9.53 Å². The van der Waals surface area contributed by atoms with E-state index in [1.807, 2.05) is 54.6 Å². The molecule has 2 fully saturated rings. The summed E-state index contributed by atoms with van der Waals surface area (Å²) in [5.74, 6) is 0.276. The molecule has 3 aromatic rings. The smallest absolute Gasteiger partial charge is 0.255 e. The average molecular weight is 472 g/mol. The molecule has 0 spiro atoms. The maximum absolute atomic E-state index is 13.2. The average Bonchev–Trinajstić information content (AvgIpc) is 3.72. The summed E-state index contributed by atoms with van der Waals surface area (Å²) in [6.07, 6.45) is 1.66. The summed E-state index contributed by atoms with van der Waals surface area (Å²) in [4.78, 5) is 28.3. The van der Waals surface area contributed by atoms with Crippen molar-refractivity contribution in [3.63, 3.8) is 0 Å². The molecule has 1 saturated heterocycles. The maximum atomic E-state index is 13.2. The van der Waals surface area contributed by atoms with Gasteiger partial charge in [0.05, 0.1) is 26.0 Å². The number of rotatable bonds is 7. The first-order valence-electron chi connectivity index (χ1n) is 11.9. The minimum Gasteiger partial charge on any atom is -0.495 e. The van der Waals surface area contributed by atoms with E-state index in [9.17, 15) is 9.59 Å². The van der Waals surface area contributed by atoms with Crippen LogP contribution in [0.2, 0.25) is 0 Å². The van der Waals surface area contributed by atoms with Gasteiger partial charge in [0.2, 0.25) is 5.91 Å². The third-order valence-corrected chi connectivity index (χ3v) is 6.72. The van der Waals surface area contributed by atoms with E-state index in [4.69, 9.17) is 9.47 Å². The molecule has 1 heterocycles. The number of morpholine rings is 1. The molecule has 5 rings (SSSR count). The second-order valence-electron chi connectivity index (χ2n) is 8.90. The highest BCUT2D eigenvalue weighted by Gasteiger charge is 2.54. The van der Waals surface area contributed by atoms with Gasteiger partial charge < -0.3 is 20.1 Å². The van der Waals surface area contributed by atoms with Crippen LogP contribution in [0.15, 0.2) is 72.8 Å². The number of ether oxygens (including phenoxy) is 2. The number of carbonyl (C=O) groups is 2. The highest BCUT2D eigenvalue weighted by Crippen LogP contribution is 2.43. The molecule has 180 valence electrons. The standard InChI is InChI=1S/C28H29N3O4/c1-34-25-12-11-23(19-24(25)30-27(33)28(13-14-28)31-15-17-35-18-16-31)29-26(32)22-9-7-21(8-10-22)20-5-3-2-4-6-20/h2-12,19H,13-18H2,1H3,(H,29,32)(H,30,33). The Morgan fingerprint density at radius 1 is 0.886 bits per heavy atom. The first-order chi connectivity index (χ1) is 17.1. The number of nitrogens with zero attached hydrogens (tertiary/aromatic N) is 1. The molecule has 35 heavy (non-hydrogen) atoms. The molecule has 1 aliphatic carbocycles. The summed E-state index contributed by atoms with van der Waals surface area (Å²) in [6.45, 7) is 2.80. The van der Waals surface area contributed by atoms with Crippen molar-refractivity contribution >= 4 is 23.2 Å². The Kier molecular flexibility index (Phi) is 6.53. The second-order valence-corrected chi connectivity index (χ2v) is 8.90. The van der Waals surface area contributed by atoms with Crippen LogP contribution in [0, 0.1) is 0 Å². The number of hydrogen-bond donors (Lipinski definition) is 2. The monoisotopic (exact) mass is 471 g/mol. The number of amides is 2. The van der Waals surface area contributed by atoms with Gasteiger partial charge in [0.15, 0.2) is 0 Å². The van der Waals surface area contributed by atoms with E-state index in [2.05, 4.69) is 15.5 Å². The Balaban J connectivity index is 1.29. The fourth-order valence-electron chi connectivity index (χ4n) is 4.57. The van der Waals surface area contributed by atoms with Gasteiger partial charge in [0.25, 0.3) is 5.91 Å². The molecule has 2 amide bonds. The number of hydrogen-bond acceptors (Lipinski definition) is 5. The van der Waals surface area contributed by atoms with Crippen LogP contribution < -0.4 is 15.4 Å². The Hall–Kier alpha value is -3.68. The molecular formula is C28H29N3O4. The van der Waals surface area contributed by atoms with Crippen molar-refractivity contribution in [3.05, 3.63) is 78.4 Å². The zero-order valence-electron chi connectivity index (χ0n) is 19.8. The number of carbonyl (C=O) groups excluding carboxylic acids is 2. The van der Waals surface area contributed by atoms with Crippen LogP contribution in [-0.4, -0.2) is 55.7 Å². The molecule has 7 nitrogen and oxygen atoms in total. The van der Waals surface area contributed by atoms with Gasteiger partial charge >= 0.3 is 0 Å². The normalized spacial score (nSPS) is 16.8. The highest BCUT2D eigenvalue weighted by molar-refractivity contribution is 6.06. The number of anilines is 2. The van der Waals surface area contributed by atoms with Crippen LogP contribution in [0.3, 0.4) is 0 Å². The first-order valence-corrected chi connectivity index (χ1v) is 11.9. The Bertz CT molecular complexity index is 1200. The summed E-state index contributed by atoms with van der Waals surface area (Å²) >= 11 is 0. The summed E-state index contributed by atoms with van der Waals surface area (Å²) in [5, 5.41) is 5.97. The Morgan fingerprint density at radius 2 is 1.57 bits per heavy atom. The van der Waals surface area contributed by atoms with E-state index in [0.717, 1.165) is 37.1 Å². The van der Waals surface area contributed by atoms with E-state index < -0.39 is 5.54 Å². The van der Waals surface area contributed by atoms with Crippen LogP contribution in [0.1, 0.15) is 23.2 Å². The zero-order valence-corrected chi connectivity index (χ0v) is 19.8. The molecule has 3 aromatic carbocycles. The minimum atomic E-state index is -0.478. The van der Waals surface area contributed by atoms with Gasteiger partial charge in [-0.05, 0) is 54.3 Å². The second kappa shape index (κ2) is 9.90.